The van der Waals surface area contributed by atoms with E-state index in [0.29, 0.717) is 11.4 Å². The number of nitrogen functional groups attached to an aromatic ring is 1. The summed E-state index contributed by atoms with van der Waals surface area (Å²) in [6.45, 7) is 0. The summed E-state index contributed by atoms with van der Waals surface area (Å²) in [6, 6.07) is 1.09. The maximum Gasteiger partial charge on any atom is 0.167 e. The summed E-state index contributed by atoms with van der Waals surface area (Å²) in [5.41, 5.74) is 6.47. The number of hydrogen-bond acceptors (Lipinski definition) is 4. The molecule has 0 aliphatic rings. The van der Waals surface area contributed by atoms with E-state index < -0.39 is 5.82 Å². The molecular weight excluding hydrogens is 305 g/mol. The fourth-order valence-corrected chi connectivity index (χ4v) is 2.15. The van der Waals surface area contributed by atoms with Crippen molar-refractivity contribution >= 4 is 21.7 Å². The van der Waals surface area contributed by atoms with Crippen LogP contribution in [-0.2, 0) is 7.05 Å². The third-order valence-corrected chi connectivity index (χ3v) is 3.41. The quantitative estimate of drug-likeness (QED) is 0.891. The molecule has 18 heavy (non-hydrogen) atoms. The van der Waals surface area contributed by atoms with Crippen LogP contribution in [0.2, 0.25) is 0 Å². The molecular formula is C11H11BrFN3O2. The normalized spacial score (nSPS) is 10.7. The van der Waals surface area contributed by atoms with Crippen LogP contribution < -0.4 is 10.5 Å². The second kappa shape index (κ2) is 4.49. The summed E-state index contributed by atoms with van der Waals surface area (Å²) in [7, 11) is 3.00. The van der Waals surface area contributed by atoms with Gasteiger partial charge >= 0.3 is 0 Å². The second-order valence-electron chi connectivity index (χ2n) is 3.67. The number of anilines is 1. The molecule has 3 N–H and O–H groups in total. The first kappa shape index (κ1) is 12.7. The number of hydrogen-bond donors (Lipinski definition) is 2. The molecule has 1 aromatic carbocycles. The van der Waals surface area contributed by atoms with E-state index in [4.69, 9.17) is 10.5 Å². The van der Waals surface area contributed by atoms with Gasteiger partial charge in [0.25, 0.3) is 0 Å². The minimum atomic E-state index is -0.553. The van der Waals surface area contributed by atoms with Crippen LogP contribution >= 0.6 is 15.9 Å². The first-order valence-electron chi connectivity index (χ1n) is 5.00. The standard InChI is InChI=1S/C11H11BrFN3O2/c1-16-11(14)5(4-15-16)8-9(12)6(13)3-7(18-2)10(8)17/h3-4,17H,14H2,1-2H3. The Kier molecular flexibility index (Phi) is 3.16. The van der Waals surface area contributed by atoms with Gasteiger partial charge in [0.05, 0.1) is 17.8 Å². The van der Waals surface area contributed by atoms with Crippen molar-refractivity contribution < 1.29 is 14.2 Å². The molecule has 2 rings (SSSR count). The molecule has 1 heterocycles. The van der Waals surface area contributed by atoms with Gasteiger partial charge in [0.15, 0.2) is 11.5 Å². The number of ether oxygens (including phenoxy) is 1. The van der Waals surface area contributed by atoms with E-state index in [-0.39, 0.29) is 21.5 Å². The summed E-state index contributed by atoms with van der Waals surface area (Å²) in [5.74, 6) is -0.388. The van der Waals surface area contributed by atoms with Gasteiger partial charge in [0.2, 0.25) is 0 Å². The van der Waals surface area contributed by atoms with Crippen molar-refractivity contribution in [3.63, 3.8) is 0 Å². The highest BCUT2D eigenvalue weighted by Gasteiger charge is 2.21. The van der Waals surface area contributed by atoms with Gasteiger partial charge in [-0.25, -0.2) is 4.39 Å². The van der Waals surface area contributed by atoms with Gasteiger partial charge in [0.1, 0.15) is 11.6 Å². The highest BCUT2D eigenvalue weighted by molar-refractivity contribution is 9.10. The minimum Gasteiger partial charge on any atom is -0.504 e. The number of methoxy groups -OCH3 is 1. The van der Waals surface area contributed by atoms with Gasteiger partial charge in [-0.2, -0.15) is 5.10 Å². The number of phenols is 1. The molecule has 5 nitrogen and oxygen atoms in total. The lowest BCUT2D eigenvalue weighted by atomic mass is 10.1. The lowest BCUT2D eigenvalue weighted by molar-refractivity contribution is 0.371. The first-order chi connectivity index (χ1) is 8.47. The van der Waals surface area contributed by atoms with Crippen LogP contribution in [0.4, 0.5) is 10.2 Å². The Morgan fingerprint density at radius 3 is 2.72 bits per heavy atom. The SMILES string of the molecule is COc1cc(F)c(Br)c(-c2cnn(C)c2N)c1O. The zero-order chi connectivity index (χ0) is 13.4. The summed E-state index contributed by atoms with van der Waals surface area (Å²) >= 11 is 3.09. The molecule has 0 unspecified atom stereocenters. The third-order valence-electron chi connectivity index (χ3n) is 2.63. The fraction of sp³-hybridized carbons (Fsp3) is 0.182. The van der Waals surface area contributed by atoms with Crippen LogP contribution in [0.3, 0.4) is 0 Å². The molecule has 2 aromatic rings. The Hall–Kier alpha value is -1.76. The van der Waals surface area contributed by atoms with Crippen LogP contribution in [0.15, 0.2) is 16.7 Å². The van der Waals surface area contributed by atoms with E-state index in [1.807, 2.05) is 0 Å². The van der Waals surface area contributed by atoms with Gasteiger partial charge < -0.3 is 15.6 Å². The third kappa shape index (κ3) is 1.80. The topological polar surface area (TPSA) is 73.3 Å². The Bertz CT molecular complexity index is 613. The molecule has 0 amide bonds. The average Bonchev–Trinajstić information content (AvgIpc) is 2.66. The van der Waals surface area contributed by atoms with E-state index in [2.05, 4.69) is 21.0 Å². The maximum absolute atomic E-state index is 13.7. The van der Waals surface area contributed by atoms with E-state index in [1.54, 1.807) is 7.05 Å². The monoisotopic (exact) mass is 315 g/mol. The number of aryl methyl sites for hydroxylation is 1. The molecule has 0 fully saturated rings. The number of nitrogens with zero attached hydrogens (tertiary/aromatic N) is 2. The molecule has 0 saturated carbocycles. The fourth-order valence-electron chi connectivity index (χ4n) is 1.63. The smallest absolute Gasteiger partial charge is 0.167 e. The van der Waals surface area contributed by atoms with Crippen molar-refractivity contribution in [3.05, 3.63) is 22.6 Å². The van der Waals surface area contributed by atoms with Gasteiger partial charge in [-0.1, -0.05) is 0 Å². The molecule has 96 valence electrons. The number of nitrogens with two attached hydrogens (primary N) is 1. The van der Waals surface area contributed by atoms with Crippen LogP contribution in [-0.4, -0.2) is 22.0 Å². The van der Waals surface area contributed by atoms with Crippen molar-refractivity contribution in [1.29, 1.82) is 0 Å². The van der Waals surface area contributed by atoms with Gasteiger partial charge in [-0.15, -0.1) is 0 Å². The maximum atomic E-state index is 13.7. The molecule has 7 heteroatoms. The van der Waals surface area contributed by atoms with Crippen molar-refractivity contribution in [3.8, 4) is 22.6 Å². The minimum absolute atomic E-state index is 0.0361. The zero-order valence-corrected chi connectivity index (χ0v) is 11.3. The molecule has 0 bridgehead atoms. The molecule has 1 aromatic heterocycles. The molecule has 0 saturated heterocycles. The average molecular weight is 316 g/mol. The molecule has 0 aliphatic carbocycles. The first-order valence-corrected chi connectivity index (χ1v) is 5.79. The Morgan fingerprint density at radius 1 is 1.56 bits per heavy atom. The van der Waals surface area contributed by atoms with E-state index in [9.17, 15) is 9.50 Å². The number of phenolic OH excluding ortho intramolecular Hbond substituents is 1. The predicted octanol–water partition coefficient (Wildman–Crippen LogP) is 2.29. The zero-order valence-electron chi connectivity index (χ0n) is 9.74. The van der Waals surface area contributed by atoms with Gasteiger partial charge in [0, 0.05) is 24.2 Å². The van der Waals surface area contributed by atoms with Crippen molar-refractivity contribution in [2.75, 3.05) is 12.8 Å². The summed E-state index contributed by atoms with van der Waals surface area (Å²) in [4.78, 5) is 0. The van der Waals surface area contributed by atoms with E-state index >= 15 is 0 Å². The Balaban J connectivity index is 2.78. The number of aromatic nitrogens is 2. The molecule has 0 aliphatic heterocycles. The second-order valence-corrected chi connectivity index (χ2v) is 4.46. The van der Waals surface area contributed by atoms with Crippen molar-refractivity contribution in [1.82, 2.24) is 9.78 Å². The number of halogens is 2. The summed E-state index contributed by atoms with van der Waals surface area (Å²) in [6.07, 6.45) is 1.45. The van der Waals surface area contributed by atoms with Gasteiger partial charge in [-0.3, -0.25) is 4.68 Å². The van der Waals surface area contributed by atoms with Crippen LogP contribution in [0.25, 0.3) is 11.1 Å². The van der Waals surface area contributed by atoms with Crippen LogP contribution in [0.5, 0.6) is 11.5 Å². The number of rotatable bonds is 2. The van der Waals surface area contributed by atoms with Crippen molar-refractivity contribution in [2.45, 2.75) is 0 Å². The summed E-state index contributed by atoms with van der Waals surface area (Å²) in [5, 5.41) is 14.0. The Labute approximate surface area is 111 Å². The highest BCUT2D eigenvalue weighted by Crippen LogP contribution is 2.45. The Morgan fingerprint density at radius 2 is 2.22 bits per heavy atom. The molecule has 0 radical (unpaired) electrons. The predicted molar refractivity (Wildman–Crippen MR) is 68.9 cm³/mol. The van der Waals surface area contributed by atoms with Crippen molar-refractivity contribution in [2.24, 2.45) is 7.05 Å². The lowest BCUT2D eigenvalue weighted by Gasteiger charge is -2.11. The van der Waals surface area contributed by atoms with Crippen LogP contribution in [0, 0.1) is 5.82 Å². The van der Waals surface area contributed by atoms with Gasteiger partial charge in [-0.05, 0) is 15.9 Å². The molecule has 0 spiro atoms. The van der Waals surface area contributed by atoms with Crippen LogP contribution in [0.1, 0.15) is 0 Å². The number of benzene rings is 1. The summed E-state index contributed by atoms with van der Waals surface area (Å²) < 4.78 is 20.2. The lowest BCUT2D eigenvalue weighted by Crippen LogP contribution is -1.99. The van der Waals surface area contributed by atoms with E-state index in [0.717, 1.165) is 6.07 Å². The highest BCUT2D eigenvalue weighted by atomic mass is 79.9. The molecule has 0 atom stereocenters. The largest absolute Gasteiger partial charge is 0.504 e. The number of aromatic hydroxyl groups is 1. The van der Waals surface area contributed by atoms with E-state index in [1.165, 1.54) is 18.0 Å².